The van der Waals surface area contributed by atoms with E-state index in [2.05, 4.69) is 10.1 Å². The average Bonchev–Trinajstić information content (AvgIpc) is 3.19. The summed E-state index contributed by atoms with van der Waals surface area (Å²) in [5.41, 5.74) is 2.20. The van der Waals surface area contributed by atoms with E-state index in [1.165, 1.54) is 0 Å². The fraction of sp³-hybridized carbons (Fsp3) is 0.467. The molecule has 0 spiro atoms. The van der Waals surface area contributed by atoms with Gasteiger partial charge in [-0.25, -0.2) is 0 Å². The number of nitrogens with one attached hydrogen (secondary N) is 1. The zero-order valence-electron chi connectivity index (χ0n) is 12.9. The van der Waals surface area contributed by atoms with Gasteiger partial charge in [-0.2, -0.15) is 0 Å². The minimum Gasteiger partial charge on any atom is -0.371 e. The maximum atomic E-state index is 12.4. The number of hydrogen-bond donors (Lipinski definition) is 1. The van der Waals surface area contributed by atoms with Crippen molar-refractivity contribution in [3.63, 3.8) is 0 Å². The van der Waals surface area contributed by atoms with Crippen molar-refractivity contribution in [1.29, 1.82) is 0 Å². The molecule has 124 valence electrons. The van der Waals surface area contributed by atoms with Gasteiger partial charge in [-0.3, -0.25) is 4.79 Å². The first-order valence-corrected chi connectivity index (χ1v) is 8.08. The summed E-state index contributed by atoms with van der Waals surface area (Å²) in [6, 6.07) is 1.55. The molecule has 23 heavy (non-hydrogen) atoms. The quantitative estimate of drug-likeness (QED) is 0.910. The Balaban J connectivity index is 1.57. The highest BCUT2D eigenvalue weighted by Crippen LogP contribution is 2.24. The maximum absolute atomic E-state index is 12.4. The molecule has 1 aliphatic rings. The summed E-state index contributed by atoms with van der Waals surface area (Å²) in [6.45, 7) is 5.37. The number of rotatable bonds is 4. The number of H-pyrrole nitrogens is 1. The van der Waals surface area contributed by atoms with E-state index in [9.17, 15) is 4.79 Å². The molecule has 1 N–H and O–H groups in total. The van der Waals surface area contributed by atoms with Gasteiger partial charge in [0.1, 0.15) is 16.6 Å². The van der Waals surface area contributed by atoms with Gasteiger partial charge < -0.3 is 19.1 Å². The molecule has 0 aromatic carbocycles. The molecule has 1 fully saturated rings. The third-order valence-corrected chi connectivity index (χ3v) is 4.73. The molecule has 0 aliphatic carbocycles. The highest BCUT2D eigenvalue weighted by atomic mass is 35.5. The molecule has 0 bridgehead atoms. The van der Waals surface area contributed by atoms with E-state index in [1.807, 2.05) is 13.8 Å². The molecule has 1 amide bonds. The highest BCUT2D eigenvalue weighted by Gasteiger charge is 2.29. The molecule has 1 aliphatic heterocycles. The molecule has 1 atom stereocenters. The molecule has 2 aromatic rings. The van der Waals surface area contributed by atoms with E-state index in [0.717, 1.165) is 23.4 Å². The summed E-state index contributed by atoms with van der Waals surface area (Å²) in [5.74, 6) is 0.645. The van der Waals surface area contributed by atoms with Gasteiger partial charge in [0.25, 0.3) is 5.91 Å². The van der Waals surface area contributed by atoms with E-state index in [4.69, 9.17) is 32.5 Å². The molecule has 0 saturated carbocycles. The average molecular weight is 358 g/mol. The van der Waals surface area contributed by atoms with Crippen LogP contribution in [0, 0.1) is 13.8 Å². The standard InChI is InChI=1S/C15H17Cl2N3O3/c1-8-11(9(2)23-19-8)7-22-10-3-4-20(6-10)15(21)13-5-12(16)14(17)18-13/h5,10,18H,3-4,6-7H2,1-2H3. The summed E-state index contributed by atoms with van der Waals surface area (Å²) in [5, 5.41) is 4.53. The largest absolute Gasteiger partial charge is 0.371 e. The Hall–Kier alpha value is -1.50. The second kappa shape index (κ2) is 6.55. The smallest absolute Gasteiger partial charge is 0.270 e. The zero-order chi connectivity index (χ0) is 16.6. The first-order chi connectivity index (χ1) is 11.0. The minimum absolute atomic E-state index is 0.00597. The first-order valence-electron chi connectivity index (χ1n) is 7.32. The molecular formula is C15H17Cl2N3O3. The van der Waals surface area contributed by atoms with E-state index >= 15 is 0 Å². The highest BCUT2D eigenvalue weighted by molar-refractivity contribution is 6.41. The van der Waals surface area contributed by atoms with E-state index in [1.54, 1.807) is 11.0 Å². The Kier molecular flexibility index (Phi) is 4.66. The van der Waals surface area contributed by atoms with Gasteiger partial charge in [0, 0.05) is 18.7 Å². The number of hydrogen-bond acceptors (Lipinski definition) is 4. The van der Waals surface area contributed by atoms with E-state index in [-0.39, 0.29) is 17.2 Å². The predicted molar refractivity (Wildman–Crippen MR) is 85.9 cm³/mol. The van der Waals surface area contributed by atoms with Gasteiger partial charge in [0.2, 0.25) is 0 Å². The zero-order valence-corrected chi connectivity index (χ0v) is 14.4. The Bertz CT molecular complexity index is 687. The van der Waals surface area contributed by atoms with Gasteiger partial charge >= 0.3 is 0 Å². The molecule has 8 heteroatoms. The summed E-state index contributed by atoms with van der Waals surface area (Å²) in [6.07, 6.45) is 0.783. The summed E-state index contributed by atoms with van der Waals surface area (Å²) < 4.78 is 11.0. The van der Waals surface area contributed by atoms with Crippen LogP contribution in [0.1, 0.15) is 33.9 Å². The van der Waals surface area contributed by atoms with Crippen LogP contribution in [0.15, 0.2) is 10.6 Å². The fourth-order valence-corrected chi connectivity index (χ4v) is 2.96. The minimum atomic E-state index is -0.123. The van der Waals surface area contributed by atoms with Crippen LogP contribution in [0.4, 0.5) is 0 Å². The van der Waals surface area contributed by atoms with Gasteiger partial charge in [-0.05, 0) is 26.3 Å². The van der Waals surface area contributed by atoms with Gasteiger partial charge in [0.15, 0.2) is 0 Å². The van der Waals surface area contributed by atoms with Crippen LogP contribution in [0.3, 0.4) is 0 Å². The Morgan fingerprint density at radius 1 is 1.52 bits per heavy atom. The number of ether oxygens (including phenoxy) is 1. The van der Waals surface area contributed by atoms with Crippen molar-refractivity contribution in [3.05, 3.63) is 39.0 Å². The van der Waals surface area contributed by atoms with Crippen LogP contribution >= 0.6 is 23.2 Å². The van der Waals surface area contributed by atoms with Crippen molar-refractivity contribution >= 4 is 29.1 Å². The predicted octanol–water partition coefficient (Wildman–Crippen LogP) is 3.36. The summed E-state index contributed by atoms with van der Waals surface area (Å²) in [7, 11) is 0. The number of likely N-dealkylation sites (tertiary alicyclic amines) is 1. The van der Waals surface area contributed by atoms with Crippen LogP contribution in [0.2, 0.25) is 10.2 Å². The number of aromatic amines is 1. The van der Waals surface area contributed by atoms with Gasteiger partial charge in [-0.1, -0.05) is 28.4 Å². The molecule has 6 nitrogen and oxygen atoms in total. The Morgan fingerprint density at radius 2 is 2.30 bits per heavy atom. The van der Waals surface area contributed by atoms with Crippen LogP contribution < -0.4 is 0 Å². The van der Waals surface area contributed by atoms with Crippen molar-refractivity contribution in [2.75, 3.05) is 13.1 Å². The van der Waals surface area contributed by atoms with Gasteiger partial charge in [-0.15, -0.1) is 0 Å². The molecule has 3 rings (SSSR count). The van der Waals surface area contributed by atoms with Gasteiger partial charge in [0.05, 0.1) is 23.4 Å². The first kappa shape index (κ1) is 16.4. The Morgan fingerprint density at radius 3 is 2.91 bits per heavy atom. The second-order valence-electron chi connectivity index (χ2n) is 5.62. The SMILES string of the molecule is Cc1noc(C)c1COC1CCN(C(=O)c2cc(Cl)c(Cl)[nH]2)C1. The number of carbonyl (C=O) groups is 1. The number of halogens is 2. The molecule has 0 radical (unpaired) electrons. The molecule has 1 unspecified atom stereocenters. The molecule has 3 heterocycles. The second-order valence-corrected chi connectivity index (χ2v) is 6.41. The van der Waals surface area contributed by atoms with Crippen LogP contribution in [0.5, 0.6) is 0 Å². The van der Waals surface area contributed by atoms with Crippen molar-refractivity contribution in [2.24, 2.45) is 0 Å². The fourth-order valence-electron chi connectivity index (χ4n) is 2.65. The van der Waals surface area contributed by atoms with Crippen molar-refractivity contribution in [1.82, 2.24) is 15.0 Å². The van der Waals surface area contributed by atoms with Crippen LogP contribution in [-0.4, -0.2) is 40.1 Å². The summed E-state index contributed by atoms with van der Waals surface area (Å²) in [4.78, 5) is 16.9. The lowest BCUT2D eigenvalue weighted by molar-refractivity contribution is 0.0429. The number of aryl methyl sites for hydroxylation is 2. The Labute approximate surface area is 143 Å². The van der Waals surface area contributed by atoms with Crippen LogP contribution in [0.25, 0.3) is 0 Å². The normalized spacial score (nSPS) is 17.9. The summed E-state index contributed by atoms with van der Waals surface area (Å²) >= 11 is 11.7. The lowest BCUT2D eigenvalue weighted by Gasteiger charge is -2.16. The molecular weight excluding hydrogens is 341 g/mol. The van der Waals surface area contributed by atoms with Crippen molar-refractivity contribution < 1.29 is 14.1 Å². The molecule has 1 saturated heterocycles. The molecule has 2 aromatic heterocycles. The monoisotopic (exact) mass is 357 g/mol. The topological polar surface area (TPSA) is 71.4 Å². The van der Waals surface area contributed by atoms with Crippen molar-refractivity contribution in [3.8, 4) is 0 Å². The van der Waals surface area contributed by atoms with E-state index in [0.29, 0.717) is 30.4 Å². The third-order valence-electron chi connectivity index (χ3n) is 4.03. The lowest BCUT2D eigenvalue weighted by Crippen LogP contribution is -2.30. The van der Waals surface area contributed by atoms with Crippen LogP contribution in [-0.2, 0) is 11.3 Å². The third kappa shape index (κ3) is 3.39. The number of aromatic nitrogens is 2. The number of nitrogens with zero attached hydrogens (tertiary/aromatic N) is 2. The van der Waals surface area contributed by atoms with Crippen molar-refractivity contribution in [2.45, 2.75) is 33.0 Å². The van der Waals surface area contributed by atoms with E-state index < -0.39 is 0 Å². The maximum Gasteiger partial charge on any atom is 0.270 e. The number of amides is 1. The number of carbonyl (C=O) groups excluding carboxylic acids is 1. The lowest BCUT2D eigenvalue weighted by atomic mass is 10.2.